The van der Waals surface area contributed by atoms with Crippen molar-refractivity contribution in [2.24, 2.45) is 29.1 Å². The molecule has 0 bridgehead atoms. The Morgan fingerprint density at radius 2 is 2.07 bits per heavy atom. The Hall–Kier alpha value is -0.590. The van der Waals surface area contributed by atoms with Gasteiger partial charge in [-0.25, -0.2) is 0 Å². The molecule has 0 aromatic rings. The number of hydrogen-bond acceptors (Lipinski definition) is 1. The molecule has 2 fully saturated rings. The molecule has 1 nitrogen and oxygen atoms in total. The lowest BCUT2D eigenvalue weighted by molar-refractivity contribution is -0.122. The molecule has 4 atom stereocenters. The zero-order chi connectivity index (χ0) is 10.6. The molecular formula is C14H20O. The molecule has 0 amide bonds. The first-order chi connectivity index (χ1) is 7.12. The largest absolute Gasteiger partial charge is 0.299 e. The SMILES string of the molecule is CC1(C)[C@H]2[C@@H]3CCCCC(=O)[C@@H]3C=C[C@H]21. The summed E-state index contributed by atoms with van der Waals surface area (Å²) < 4.78 is 0. The van der Waals surface area contributed by atoms with E-state index < -0.39 is 0 Å². The molecule has 0 aliphatic heterocycles. The zero-order valence-corrected chi connectivity index (χ0v) is 9.70. The van der Waals surface area contributed by atoms with E-state index in [9.17, 15) is 4.79 Å². The Labute approximate surface area is 91.9 Å². The Kier molecular flexibility index (Phi) is 1.90. The third-order valence-corrected chi connectivity index (χ3v) is 5.03. The summed E-state index contributed by atoms with van der Waals surface area (Å²) in [6.45, 7) is 4.73. The van der Waals surface area contributed by atoms with Crippen LogP contribution in [0.15, 0.2) is 12.2 Å². The number of ketones is 1. The summed E-state index contributed by atoms with van der Waals surface area (Å²) in [5.41, 5.74) is 0.473. The highest BCUT2D eigenvalue weighted by molar-refractivity contribution is 5.83. The minimum atomic E-state index is 0.274. The van der Waals surface area contributed by atoms with E-state index >= 15 is 0 Å². The molecule has 0 saturated heterocycles. The number of rotatable bonds is 0. The van der Waals surface area contributed by atoms with E-state index in [2.05, 4.69) is 26.0 Å². The second-order valence-corrected chi connectivity index (χ2v) is 6.16. The topological polar surface area (TPSA) is 17.1 Å². The molecule has 0 N–H and O–H groups in total. The lowest BCUT2D eigenvalue weighted by Crippen LogP contribution is -2.24. The normalized spacial score (nSPS) is 46.7. The van der Waals surface area contributed by atoms with Gasteiger partial charge in [0.25, 0.3) is 0 Å². The molecule has 1 heteroatoms. The van der Waals surface area contributed by atoms with Crippen LogP contribution in [-0.2, 0) is 4.79 Å². The summed E-state index contributed by atoms with van der Waals surface area (Å²) in [6, 6.07) is 0. The summed E-state index contributed by atoms with van der Waals surface area (Å²) in [7, 11) is 0. The van der Waals surface area contributed by atoms with Crippen molar-refractivity contribution < 1.29 is 4.79 Å². The minimum Gasteiger partial charge on any atom is -0.299 e. The van der Waals surface area contributed by atoms with E-state index in [1.165, 1.54) is 12.8 Å². The lowest BCUT2D eigenvalue weighted by atomic mass is 9.79. The molecule has 82 valence electrons. The Morgan fingerprint density at radius 3 is 2.87 bits per heavy atom. The molecule has 3 rings (SSSR count). The fraction of sp³-hybridized carbons (Fsp3) is 0.786. The van der Waals surface area contributed by atoms with Crippen LogP contribution in [0, 0.1) is 29.1 Å². The van der Waals surface area contributed by atoms with E-state index in [-0.39, 0.29) is 5.92 Å². The Morgan fingerprint density at radius 1 is 1.27 bits per heavy atom. The van der Waals surface area contributed by atoms with Crippen molar-refractivity contribution in [2.75, 3.05) is 0 Å². The van der Waals surface area contributed by atoms with Gasteiger partial charge in [0.05, 0.1) is 0 Å². The van der Waals surface area contributed by atoms with Crippen molar-refractivity contribution in [3.63, 3.8) is 0 Å². The highest BCUT2D eigenvalue weighted by Gasteiger charge is 2.62. The molecule has 2 saturated carbocycles. The standard InChI is InChI=1S/C14H20O/c1-14(2)11-8-7-9-10(13(11)14)5-3-4-6-12(9)15/h7-11,13H,3-6H2,1-2H3/t9-,10-,11-,13+/m1/s1. The van der Waals surface area contributed by atoms with Crippen molar-refractivity contribution in [3.05, 3.63) is 12.2 Å². The van der Waals surface area contributed by atoms with E-state index in [0.29, 0.717) is 17.1 Å². The molecule has 3 aliphatic rings. The summed E-state index contributed by atoms with van der Waals surface area (Å²) in [4.78, 5) is 12.0. The maximum absolute atomic E-state index is 12.0. The number of Topliss-reactive ketones (excluding diaryl/α,β-unsaturated/α-hetero) is 1. The zero-order valence-electron chi connectivity index (χ0n) is 9.70. The van der Waals surface area contributed by atoms with Gasteiger partial charge in [0.1, 0.15) is 5.78 Å². The average molecular weight is 204 g/mol. The van der Waals surface area contributed by atoms with Gasteiger partial charge in [-0.15, -0.1) is 0 Å². The highest BCUT2D eigenvalue weighted by Crippen LogP contribution is 2.67. The number of allylic oxidation sites excluding steroid dienone is 2. The number of carbonyl (C=O) groups is 1. The van der Waals surface area contributed by atoms with Crippen molar-refractivity contribution in [3.8, 4) is 0 Å². The van der Waals surface area contributed by atoms with Crippen LogP contribution in [0.5, 0.6) is 0 Å². The van der Waals surface area contributed by atoms with E-state index in [1.54, 1.807) is 0 Å². The van der Waals surface area contributed by atoms with Crippen molar-refractivity contribution >= 4 is 5.78 Å². The van der Waals surface area contributed by atoms with Crippen molar-refractivity contribution in [2.45, 2.75) is 39.5 Å². The fourth-order valence-electron chi connectivity index (χ4n) is 4.06. The smallest absolute Gasteiger partial charge is 0.140 e. The van der Waals surface area contributed by atoms with Crippen LogP contribution in [0.25, 0.3) is 0 Å². The van der Waals surface area contributed by atoms with E-state index in [1.807, 2.05) is 0 Å². The predicted molar refractivity (Wildman–Crippen MR) is 60.4 cm³/mol. The van der Waals surface area contributed by atoms with E-state index in [0.717, 1.165) is 24.7 Å². The molecular weight excluding hydrogens is 184 g/mol. The van der Waals surface area contributed by atoms with Crippen LogP contribution in [0.1, 0.15) is 39.5 Å². The van der Waals surface area contributed by atoms with Gasteiger partial charge in [0.15, 0.2) is 0 Å². The van der Waals surface area contributed by atoms with Crippen molar-refractivity contribution in [1.29, 1.82) is 0 Å². The quantitative estimate of drug-likeness (QED) is 0.554. The maximum Gasteiger partial charge on any atom is 0.140 e. The van der Waals surface area contributed by atoms with Crippen LogP contribution in [0.3, 0.4) is 0 Å². The first kappa shape index (κ1) is 9.62. The van der Waals surface area contributed by atoms with Gasteiger partial charge in [-0.3, -0.25) is 4.79 Å². The van der Waals surface area contributed by atoms with Gasteiger partial charge < -0.3 is 0 Å². The molecule has 0 aromatic heterocycles. The minimum absolute atomic E-state index is 0.274. The third-order valence-electron chi connectivity index (χ3n) is 5.03. The summed E-state index contributed by atoms with van der Waals surface area (Å²) >= 11 is 0. The molecule has 0 heterocycles. The van der Waals surface area contributed by atoms with Crippen molar-refractivity contribution in [1.82, 2.24) is 0 Å². The highest BCUT2D eigenvalue weighted by atomic mass is 16.1. The maximum atomic E-state index is 12.0. The van der Waals surface area contributed by atoms with Gasteiger partial charge in [-0.05, 0) is 36.0 Å². The van der Waals surface area contributed by atoms with Gasteiger partial charge in [-0.2, -0.15) is 0 Å². The molecule has 0 radical (unpaired) electrons. The molecule has 15 heavy (non-hydrogen) atoms. The van der Waals surface area contributed by atoms with Gasteiger partial charge >= 0.3 is 0 Å². The molecule has 0 unspecified atom stereocenters. The number of hydrogen-bond donors (Lipinski definition) is 0. The lowest BCUT2D eigenvalue weighted by Gasteiger charge is -2.24. The van der Waals surface area contributed by atoms with Crippen LogP contribution in [0.2, 0.25) is 0 Å². The summed E-state index contributed by atoms with van der Waals surface area (Å²) in [5.74, 6) is 3.02. The van der Waals surface area contributed by atoms with Gasteiger partial charge in [0.2, 0.25) is 0 Å². The summed E-state index contributed by atoms with van der Waals surface area (Å²) in [6.07, 6.45) is 9.05. The number of carbonyl (C=O) groups excluding carboxylic acids is 1. The molecule has 3 aliphatic carbocycles. The van der Waals surface area contributed by atoms with Gasteiger partial charge in [0, 0.05) is 12.3 Å². The first-order valence-electron chi connectivity index (χ1n) is 6.33. The monoisotopic (exact) mass is 204 g/mol. The second-order valence-electron chi connectivity index (χ2n) is 6.16. The van der Waals surface area contributed by atoms with Crippen LogP contribution in [0.4, 0.5) is 0 Å². The third kappa shape index (κ3) is 1.25. The predicted octanol–water partition coefficient (Wildman–Crippen LogP) is 3.20. The summed E-state index contributed by atoms with van der Waals surface area (Å²) in [5, 5.41) is 0. The van der Waals surface area contributed by atoms with Crippen LogP contribution < -0.4 is 0 Å². The first-order valence-corrected chi connectivity index (χ1v) is 6.33. The average Bonchev–Trinajstić information content (AvgIpc) is 2.81. The Balaban J connectivity index is 1.91. The fourth-order valence-corrected chi connectivity index (χ4v) is 4.06. The van der Waals surface area contributed by atoms with Crippen LogP contribution >= 0.6 is 0 Å². The molecule has 0 spiro atoms. The second kappa shape index (κ2) is 2.96. The molecule has 0 aromatic carbocycles. The Bertz CT molecular complexity index is 326. The van der Waals surface area contributed by atoms with Crippen LogP contribution in [-0.4, -0.2) is 5.78 Å². The number of fused-ring (bicyclic) bond motifs is 3. The van der Waals surface area contributed by atoms with E-state index in [4.69, 9.17) is 0 Å². The van der Waals surface area contributed by atoms with Gasteiger partial charge in [-0.1, -0.05) is 32.4 Å².